The lowest BCUT2D eigenvalue weighted by molar-refractivity contribution is 1.06. The van der Waals surface area contributed by atoms with Crippen LogP contribution >= 0.6 is 0 Å². The quantitative estimate of drug-likeness (QED) is 0.149. The number of hydrogen-bond acceptors (Lipinski definition) is 6. The molecule has 7 heteroatoms. The lowest BCUT2D eigenvalue weighted by Gasteiger charge is -2.16. The molecular formula is C56H35N7. The monoisotopic (exact) mass is 805 g/mol. The van der Waals surface area contributed by atoms with Gasteiger partial charge in [0.25, 0.3) is 0 Å². The summed E-state index contributed by atoms with van der Waals surface area (Å²) in [5.74, 6) is 3.39. The van der Waals surface area contributed by atoms with E-state index in [0.717, 1.165) is 71.6 Å². The molecule has 0 saturated heterocycles. The second-order valence-electron chi connectivity index (χ2n) is 15.5. The fourth-order valence-electron chi connectivity index (χ4n) is 8.65. The second kappa shape index (κ2) is 15.1. The number of rotatable bonds is 7. The number of benzene rings is 9. The summed E-state index contributed by atoms with van der Waals surface area (Å²) >= 11 is 0. The van der Waals surface area contributed by atoms with Gasteiger partial charge in [-0.3, -0.25) is 0 Å². The molecule has 12 aromatic rings. The van der Waals surface area contributed by atoms with Crippen LogP contribution < -0.4 is 0 Å². The SMILES string of the molecule is c1ccc(-c2nc(-c3ccccc3)nc(-c3ccc(-n4c5ccccc5c5ccccc54)c(-c4nc(-c5ccccc5)nc(-c5ccc6ccc7ccccc7c6c5)n4)c3)n2)cc1. The Morgan fingerprint density at radius 3 is 1.17 bits per heavy atom. The van der Waals surface area contributed by atoms with Gasteiger partial charge in [0, 0.05) is 44.2 Å². The third kappa shape index (κ3) is 6.47. The van der Waals surface area contributed by atoms with Crippen molar-refractivity contribution in [2.45, 2.75) is 0 Å². The first kappa shape index (κ1) is 36.2. The Bertz CT molecular complexity index is 3570. The van der Waals surface area contributed by atoms with Gasteiger partial charge >= 0.3 is 0 Å². The van der Waals surface area contributed by atoms with Crippen molar-refractivity contribution >= 4 is 43.4 Å². The first-order chi connectivity index (χ1) is 31.2. The summed E-state index contributed by atoms with van der Waals surface area (Å²) in [4.78, 5) is 31.1. The van der Waals surface area contributed by atoms with E-state index in [1.807, 2.05) is 91.0 Å². The summed E-state index contributed by atoms with van der Waals surface area (Å²) in [5, 5.41) is 6.97. The summed E-state index contributed by atoms with van der Waals surface area (Å²) in [6, 6.07) is 73.0. The Morgan fingerprint density at radius 2 is 0.635 bits per heavy atom. The van der Waals surface area contributed by atoms with E-state index in [1.54, 1.807) is 0 Å². The minimum absolute atomic E-state index is 0.524. The molecule has 7 nitrogen and oxygen atoms in total. The van der Waals surface area contributed by atoms with Crippen LogP contribution in [0, 0.1) is 0 Å². The third-order valence-electron chi connectivity index (χ3n) is 11.7. The molecule has 9 aromatic carbocycles. The maximum absolute atomic E-state index is 5.39. The molecule has 0 N–H and O–H groups in total. The zero-order valence-electron chi connectivity index (χ0n) is 33.8. The summed E-state index contributed by atoms with van der Waals surface area (Å²) in [6.45, 7) is 0. The van der Waals surface area contributed by atoms with Gasteiger partial charge in [-0.2, -0.15) is 0 Å². The van der Waals surface area contributed by atoms with Crippen molar-refractivity contribution in [3.63, 3.8) is 0 Å². The highest BCUT2D eigenvalue weighted by Gasteiger charge is 2.22. The summed E-state index contributed by atoms with van der Waals surface area (Å²) in [7, 11) is 0. The first-order valence-corrected chi connectivity index (χ1v) is 21.0. The van der Waals surface area contributed by atoms with Gasteiger partial charge in [0.2, 0.25) is 0 Å². The Labute approximate surface area is 362 Å². The van der Waals surface area contributed by atoms with Crippen molar-refractivity contribution in [1.29, 1.82) is 0 Å². The Hall–Kier alpha value is -8.68. The van der Waals surface area contributed by atoms with Crippen LogP contribution in [-0.4, -0.2) is 34.5 Å². The smallest absolute Gasteiger partial charge is 0.166 e. The van der Waals surface area contributed by atoms with Gasteiger partial charge in [-0.1, -0.05) is 176 Å². The highest BCUT2D eigenvalue weighted by atomic mass is 15.1. The van der Waals surface area contributed by atoms with Gasteiger partial charge in [0.05, 0.1) is 16.7 Å². The predicted octanol–water partition coefficient (Wildman–Crippen LogP) is 13.5. The van der Waals surface area contributed by atoms with Gasteiger partial charge in [0.1, 0.15) is 0 Å². The standard InChI is InChI=1S/C56H35N7/c1-4-17-38(18-5-1)51-57-52(39-19-6-2-7-20-39)59-54(58-51)42-32-33-50(63-48-26-14-12-24-44(48)45-25-13-15-27-49(45)63)47(35-42)56-61-53(40-21-8-3-9-22-40)60-55(62-56)41-31-30-37-29-28-36-16-10-11-23-43(36)46(37)34-41/h1-35H. The fraction of sp³-hybridized carbons (Fsp3) is 0. The maximum atomic E-state index is 5.39. The minimum Gasteiger partial charge on any atom is -0.309 e. The molecule has 3 heterocycles. The molecule has 0 aliphatic rings. The third-order valence-corrected chi connectivity index (χ3v) is 11.7. The van der Waals surface area contributed by atoms with Gasteiger partial charge in [-0.25, -0.2) is 29.9 Å². The highest BCUT2D eigenvalue weighted by molar-refractivity contribution is 6.10. The summed E-state index contributed by atoms with van der Waals surface area (Å²) in [6.07, 6.45) is 0. The van der Waals surface area contributed by atoms with Crippen LogP contribution in [0.4, 0.5) is 0 Å². The van der Waals surface area contributed by atoms with Crippen molar-refractivity contribution in [3.8, 4) is 74.0 Å². The molecule has 0 radical (unpaired) electrons. The molecule has 0 bridgehead atoms. The van der Waals surface area contributed by atoms with E-state index in [-0.39, 0.29) is 0 Å². The van der Waals surface area contributed by atoms with E-state index < -0.39 is 0 Å². The summed E-state index contributed by atoms with van der Waals surface area (Å²) in [5.41, 5.74) is 8.25. The molecular weight excluding hydrogens is 771 g/mol. The van der Waals surface area contributed by atoms with Gasteiger partial charge in [-0.05, 0) is 57.9 Å². The number of nitrogens with zero attached hydrogens (tertiary/aromatic N) is 7. The zero-order chi connectivity index (χ0) is 41.7. The number of fused-ring (bicyclic) bond motifs is 6. The van der Waals surface area contributed by atoms with E-state index in [2.05, 4.69) is 126 Å². The molecule has 63 heavy (non-hydrogen) atoms. The predicted molar refractivity (Wildman–Crippen MR) is 255 cm³/mol. The largest absolute Gasteiger partial charge is 0.309 e. The lowest BCUT2D eigenvalue weighted by atomic mass is 9.99. The lowest BCUT2D eigenvalue weighted by Crippen LogP contribution is -2.05. The molecule has 0 unspecified atom stereocenters. The second-order valence-corrected chi connectivity index (χ2v) is 15.5. The molecule has 0 amide bonds. The molecule has 0 atom stereocenters. The van der Waals surface area contributed by atoms with Crippen LogP contribution in [0.1, 0.15) is 0 Å². The highest BCUT2D eigenvalue weighted by Crippen LogP contribution is 2.39. The maximum Gasteiger partial charge on any atom is 0.166 e. The van der Waals surface area contributed by atoms with Crippen molar-refractivity contribution in [3.05, 3.63) is 212 Å². The van der Waals surface area contributed by atoms with Crippen LogP contribution in [0.2, 0.25) is 0 Å². The molecule has 294 valence electrons. The van der Waals surface area contributed by atoms with Crippen LogP contribution in [-0.2, 0) is 0 Å². The fourth-order valence-corrected chi connectivity index (χ4v) is 8.65. The number of hydrogen-bond donors (Lipinski definition) is 0. The topological polar surface area (TPSA) is 82.3 Å². The van der Waals surface area contributed by atoms with E-state index in [9.17, 15) is 0 Å². The minimum atomic E-state index is 0.524. The van der Waals surface area contributed by atoms with Crippen molar-refractivity contribution in [1.82, 2.24) is 34.5 Å². The van der Waals surface area contributed by atoms with Gasteiger partial charge in [-0.15, -0.1) is 0 Å². The molecule has 0 saturated carbocycles. The van der Waals surface area contributed by atoms with Crippen molar-refractivity contribution in [2.75, 3.05) is 0 Å². The first-order valence-electron chi connectivity index (χ1n) is 21.0. The van der Waals surface area contributed by atoms with Crippen molar-refractivity contribution in [2.24, 2.45) is 0 Å². The van der Waals surface area contributed by atoms with Crippen LogP contribution in [0.15, 0.2) is 212 Å². The molecule has 12 rings (SSSR count). The van der Waals surface area contributed by atoms with Gasteiger partial charge < -0.3 is 4.57 Å². The Morgan fingerprint density at radius 1 is 0.254 bits per heavy atom. The Balaban J connectivity index is 1.14. The van der Waals surface area contributed by atoms with Crippen LogP contribution in [0.3, 0.4) is 0 Å². The average Bonchev–Trinajstić information content (AvgIpc) is 3.70. The molecule has 0 fully saturated rings. The van der Waals surface area contributed by atoms with E-state index in [0.29, 0.717) is 34.9 Å². The van der Waals surface area contributed by atoms with Crippen LogP contribution in [0.5, 0.6) is 0 Å². The van der Waals surface area contributed by atoms with E-state index in [1.165, 1.54) is 10.8 Å². The van der Waals surface area contributed by atoms with E-state index in [4.69, 9.17) is 29.9 Å². The number of aromatic nitrogens is 7. The average molecular weight is 806 g/mol. The van der Waals surface area contributed by atoms with Crippen molar-refractivity contribution < 1.29 is 0 Å². The van der Waals surface area contributed by atoms with E-state index >= 15 is 0 Å². The number of para-hydroxylation sites is 2. The molecule has 0 spiro atoms. The molecule has 3 aromatic heterocycles. The zero-order valence-corrected chi connectivity index (χ0v) is 33.8. The molecule has 0 aliphatic heterocycles. The van der Waals surface area contributed by atoms with Crippen LogP contribution in [0.25, 0.3) is 117 Å². The Kier molecular flexibility index (Phi) is 8.67. The summed E-state index contributed by atoms with van der Waals surface area (Å²) < 4.78 is 2.32. The normalized spacial score (nSPS) is 11.5. The molecule has 0 aliphatic carbocycles. The van der Waals surface area contributed by atoms with Gasteiger partial charge in [0.15, 0.2) is 34.9 Å².